The van der Waals surface area contributed by atoms with Crippen molar-refractivity contribution in [3.63, 3.8) is 0 Å². The van der Waals surface area contributed by atoms with E-state index >= 15 is 0 Å². The third kappa shape index (κ3) is 2.59. The molecule has 0 aliphatic heterocycles. The lowest BCUT2D eigenvalue weighted by atomic mass is 9.65. The number of nitrogens with zero attached hydrogens (tertiary/aromatic N) is 1. The predicted molar refractivity (Wildman–Crippen MR) is 70.8 cm³/mol. The van der Waals surface area contributed by atoms with Gasteiger partial charge in [-0.25, -0.2) is 0 Å². The van der Waals surface area contributed by atoms with Gasteiger partial charge in [-0.2, -0.15) is 4.91 Å². The molecule has 0 saturated carbocycles. The van der Waals surface area contributed by atoms with Crippen LogP contribution in [0.2, 0.25) is 0 Å². The average Bonchev–Trinajstić information content (AvgIpc) is 2.23. The maximum atomic E-state index is 10.9. The van der Waals surface area contributed by atoms with Crippen molar-refractivity contribution in [3.05, 3.63) is 16.1 Å². The number of aliphatic hydroxyl groups excluding tert-OH is 1. The van der Waals surface area contributed by atoms with Gasteiger partial charge in [-0.15, -0.1) is 0 Å². The van der Waals surface area contributed by atoms with Crippen molar-refractivity contribution in [1.82, 2.24) is 0 Å². The predicted octanol–water partition coefficient (Wildman–Crippen LogP) is 3.66. The van der Waals surface area contributed by atoms with E-state index in [1.807, 2.05) is 6.92 Å². The van der Waals surface area contributed by atoms with Gasteiger partial charge < -0.3 is 5.11 Å². The van der Waals surface area contributed by atoms with Crippen LogP contribution in [0.5, 0.6) is 0 Å². The summed E-state index contributed by atoms with van der Waals surface area (Å²) in [6.45, 7) is 10.6. The first-order valence-electron chi connectivity index (χ1n) is 6.60. The van der Waals surface area contributed by atoms with Gasteiger partial charge in [-0.3, -0.25) is 0 Å². The van der Waals surface area contributed by atoms with Gasteiger partial charge >= 0.3 is 0 Å². The SMILES string of the molecule is CCC(CC)C1=C(C)C(N=O)C(O)CC1(C)C. The number of rotatable bonds is 4. The van der Waals surface area contributed by atoms with E-state index in [0.717, 1.165) is 18.4 Å². The Morgan fingerprint density at radius 3 is 2.35 bits per heavy atom. The summed E-state index contributed by atoms with van der Waals surface area (Å²) in [6, 6.07) is -0.543. The van der Waals surface area contributed by atoms with Gasteiger partial charge in [0.15, 0.2) is 0 Å². The van der Waals surface area contributed by atoms with Gasteiger partial charge in [0.25, 0.3) is 0 Å². The van der Waals surface area contributed by atoms with Gasteiger partial charge in [-0.05, 0) is 43.1 Å². The lowest BCUT2D eigenvalue weighted by Crippen LogP contribution is -2.40. The Hall–Kier alpha value is -0.700. The molecule has 2 unspecified atom stereocenters. The van der Waals surface area contributed by atoms with Crippen LogP contribution in [-0.2, 0) is 0 Å². The second-order valence-corrected chi connectivity index (χ2v) is 5.82. The largest absolute Gasteiger partial charge is 0.390 e. The Bertz CT molecular complexity index is 316. The first kappa shape index (κ1) is 14.4. The van der Waals surface area contributed by atoms with Gasteiger partial charge in [0.05, 0.1) is 6.10 Å². The van der Waals surface area contributed by atoms with Crippen molar-refractivity contribution in [2.24, 2.45) is 16.5 Å². The highest BCUT2D eigenvalue weighted by atomic mass is 16.3. The average molecular weight is 239 g/mol. The molecule has 0 saturated heterocycles. The normalized spacial score (nSPS) is 28.6. The van der Waals surface area contributed by atoms with Crippen molar-refractivity contribution in [2.45, 2.75) is 66.0 Å². The van der Waals surface area contributed by atoms with Gasteiger partial charge in [-0.1, -0.05) is 38.4 Å². The molecular formula is C14H25NO2. The standard InChI is InChI=1S/C14H25NO2/c1-6-10(7-2)12-9(3)13(15-17)11(16)8-14(12,4)5/h10-11,13,16H,6-8H2,1-5H3. The summed E-state index contributed by atoms with van der Waals surface area (Å²) >= 11 is 0. The summed E-state index contributed by atoms with van der Waals surface area (Å²) in [5.74, 6) is 0.502. The fourth-order valence-electron chi connectivity index (χ4n) is 3.45. The number of allylic oxidation sites excluding steroid dienone is 1. The summed E-state index contributed by atoms with van der Waals surface area (Å²) in [4.78, 5) is 10.9. The van der Waals surface area contributed by atoms with E-state index in [1.165, 1.54) is 5.57 Å². The monoisotopic (exact) mass is 239 g/mol. The van der Waals surface area contributed by atoms with Crippen LogP contribution in [0.25, 0.3) is 0 Å². The summed E-state index contributed by atoms with van der Waals surface area (Å²) in [5.41, 5.74) is 2.32. The minimum atomic E-state index is -0.624. The molecule has 17 heavy (non-hydrogen) atoms. The van der Waals surface area contributed by atoms with Crippen LogP contribution >= 0.6 is 0 Å². The highest BCUT2D eigenvalue weighted by Gasteiger charge is 2.41. The number of hydrogen-bond donors (Lipinski definition) is 1. The van der Waals surface area contributed by atoms with E-state index in [-0.39, 0.29) is 5.41 Å². The maximum absolute atomic E-state index is 10.9. The number of aliphatic hydroxyl groups is 1. The zero-order valence-electron chi connectivity index (χ0n) is 11.7. The molecule has 1 rings (SSSR count). The Morgan fingerprint density at radius 2 is 1.94 bits per heavy atom. The molecular weight excluding hydrogens is 214 g/mol. The minimum absolute atomic E-state index is 0.0264. The van der Waals surface area contributed by atoms with Crippen LogP contribution in [0.4, 0.5) is 0 Å². The van der Waals surface area contributed by atoms with Crippen LogP contribution in [0.1, 0.15) is 53.9 Å². The van der Waals surface area contributed by atoms with Crippen molar-refractivity contribution >= 4 is 0 Å². The maximum Gasteiger partial charge on any atom is 0.139 e. The summed E-state index contributed by atoms with van der Waals surface area (Å²) < 4.78 is 0. The zero-order valence-corrected chi connectivity index (χ0v) is 11.7. The fourth-order valence-corrected chi connectivity index (χ4v) is 3.45. The molecule has 0 aromatic carbocycles. The van der Waals surface area contributed by atoms with E-state index < -0.39 is 12.1 Å². The molecule has 0 aromatic rings. The molecule has 1 aliphatic rings. The Kier molecular flexibility index (Phi) is 4.48. The quantitative estimate of drug-likeness (QED) is 0.601. The van der Waals surface area contributed by atoms with Crippen LogP contribution in [0, 0.1) is 16.2 Å². The van der Waals surface area contributed by atoms with Crippen LogP contribution in [0.3, 0.4) is 0 Å². The molecule has 0 aromatic heterocycles. The molecule has 0 radical (unpaired) electrons. The van der Waals surface area contributed by atoms with Gasteiger partial charge in [0.1, 0.15) is 6.04 Å². The molecule has 0 amide bonds. The number of hydrogen-bond acceptors (Lipinski definition) is 3. The van der Waals surface area contributed by atoms with Crippen molar-refractivity contribution < 1.29 is 5.11 Å². The Morgan fingerprint density at radius 1 is 1.41 bits per heavy atom. The first-order chi connectivity index (χ1) is 7.88. The van der Waals surface area contributed by atoms with E-state index in [9.17, 15) is 10.0 Å². The van der Waals surface area contributed by atoms with Gasteiger partial charge in [0.2, 0.25) is 0 Å². The van der Waals surface area contributed by atoms with Crippen LogP contribution < -0.4 is 0 Å². The molecule has 3 nitrogen and oxygen atoms in total. The van der Waals surface area contributed by atoms with Crippen molar-refractivity contribution in [1.29, 1.82) is 0 Å². The smallest absolute Gasteiger partial charge is 0.139 e. The van der Waals surface area contributed by atoms with Crippen LogP contribution in [-0.4, -0.2) is 17.3 Å². The highest BCUT2D eigenvalue weighted by molar-refractivity contribution is 5.31. The molecule has 0 heterocycles. The molecule has 0 bridgehead atoms. The molecule has 0 fully saturated rings. The second-order valence-electron chi connectivity index (χ2n) is 5.82. The molecule has 98 valence electrons. The van der Waals surface area contributed by atoms with E-state index in [2.05, 4.69) is 32.9 Å². The van der Waals surface area contributed by atoms with Gasteiger partial charge in [0, 0.05) is 0 Å². The third-order valence-electron chi connectivity index (χ3n) is 4.19. The summed E-state index contributed by atoms with van der Waals surface area (Å²) in [6.07, 6.45) is 2.16. The lowest BCUT2D eigenvalue weighted by molar-refractivity contribution is 0.0926. The fraction of sp³-hybridized carbons (Fsp3) is 0.857. The lowest BCUT2D eigenvalue weighted by Gasteiger charge is -2.42. The van der Waals surface area contributed by atoms with E-state index in [1.54, 1.807) is 0 Å². The Balaban J connectivity index is 3.26. The summed E-state index contributed by atoms with van der Waals surface area (Å²) in [7, 11) is 0. The second kappa shape index (κ2) is 5.30. The molecule has 1 aliphatic carbocycles. The minimum Gasteiger partial charge on any atom is -0.390 e. The van der Waals surface area contributed by atoms with Crippen LogP contribution in [0.15, 0.2) is 16.3 Å². The topological polar surface area (TPSA) is 49.7 Å². The third-order valence-corrected chi connectivity index (χ3v) is 4.19. The van der Waals surface area contributed by atoms with Crippen molar-refractivity contribution in [3.8, 4) is 0 Å². The van der Waals surface area contributed by atoms with E-state index in [4.69, 9.17) is 0 Å². The highest BCUT2D eigenvalue weighted by Crippen LogP contribution is 2.46. The zero-order chi connectivity index (χ0) is 13.2. The molecule has 0 spiro atoms. The van der Waals surface area contributed by atoms with Crippen molar-refractivity contribution in [2.75, 3.05) is 0 Å². The molecule has 1 N–H and O–H groups in total. The summed E-state index contributed by atoms with van der Waals surface area (Å²) in [5, 5.41) is 13.1. The first-order valence-corrected chi connectivity index (χ1v) is 6.60. The molecule has 2 atom stereocenters. The van der Waals surface area contributed by atoms with E-state index in [0.29, 0.717) is 12.3 Å². The number of nitroso groups, excluding NO2 is 1. The Labute approximate surface area is 104 Å². The molecule has 3 heteroatoms.